The standard InChI is InChI=1S/C15H22N2O2/c1-3-9(2)13(16)15(19)17-14-11-7-5-4-6-10(11)8-12(14)18/h4-7,9,12-14,18H,3,8,16H2,1-2H3,(H,17,19)/t9?,12-,13+,14+/m1/s1. The van der Waals surface area contributed by atoms with E-state index in [9.17, 15) is 9.90 Å². The van der Waals surface area contributed by atoms with E-state index in [4.69, 9.17) is 5.73 Å². The first-order chi connectivity index (χ1) is 9.04. The normalized spacial score (nSPS) is 24.6. The highest BCUT2D eigenvalue weighted by Gasteiger charge is 2.33. The lowest BCUT2D eigenvalue weighted by atomic mass is 9.98. The Morgan fingerprint density at radius 1 is 1.53 bits per heavy atom. The summed E-state index contributed by atoms with van der Waals surface area (Å²) in [4.78, 5) is 12.1. The van der Waals surface area contributed by atoms with Crippen LogP contribution in [-0.4, -0.2) is 23.2 Å². The number of amides is 1. The first-order valence-corrected chi connectivity index (χ1v) is 6.86. The van der Waals surface area contributed by atoms with Gasteiger partial charge in [0.2, 0.25) is 5.91 Å². The molecule has 4 heteroatoms. The lowest BCUT2D eigenvalue weighted by molar-refractivity contribution is -0.124. The summed E-state index contributed by atoms with van der Waals surface area (Å²) in [5, 5.41) is 13.0. The zero-order valence-electron chi connectivity index (χ0n) is 11.5. The SMILES string of the molecule is CCC(C)[C@H](N)C(=O)N[C@H]1c2ccccc2C[C@H]1O. The third kappa shape index (κ3) is 2.80. The molecule has 1 aliphatic rings. The summed E-state index contributed by atoms with van der Waals surface area (Å²) in [6, 6.07) is 6.94. The highest BCUT2D eigenvalue weighted by atomic mass is 16.3. The molecule has 1 aromatic carbocycles. The summed E-state index contributed by atoms with van der Waals surface area (Å²) >= 11 is 0. The lowest BCUT2D eigenvalue weighted by Gasteiger charge is -2.23. The van der Waals surface area contributed by atoms with E-state index in [0.717, 1.165) is 17.5 Å². The van der Waals surface area contributed by atoms with E-state index in [-0.39, 0.29) is 17.9 Å². The minimum absolute atomic E-state index is 0.133. The van der Waals surface area contributed by atoms with Crippen molar-refractivity contribution in [2.24, 2.45) is 11.7 Å². The van der Waals surface area contributed by atoms with E-state index in [2.05, 4.69) is 5.32 Å². The number of carbonyl (C=O) groups is 1. The minimum Gasteiger partial charge on any atom is -0.390 e. The Kier molecular flexibility index (Phi) is 4.22. The van der Waals surface area contributed by atoms with Crippen molar-refractivity contribution in [1.29, 1.82) is 0 Å². The molecular weight excluding hydrogens is 240 g/mol. The molecule has 0 bridgehead atoms. The molecule has 0 aliphatic heterocycles. The number of fused-ring (bicyclic) bond motifs is 1. The molecule has 0 spiro atoms. The lowest BCUT2D eigenvalue weighted by Crippen LogP contribution is -2.47. The van der Waals surface area contributed by atoms with Gasteiger partial charge in [-0.05, 0) is 17.0 Å². The number of nitrogens with one attached hydrogen (secondary N) is 1. The Labute approximate surface area is 114 Å². The molecule has 0 saturated carbocycles. The van der Waals surface area contributed by atoms with Crippen molar-refractivity contribution in [1.82, 2.24) is 5.32 Å². The van der Waals surface area contributed by atoms with Crippen molar-refractivity contribution >= 4 is 5.91 Å². The maximum absolute atomic E-state index is 12.1. The molecule has 19 heavy (non-hydrogen) atoms. The highest BCUT2D eigenvalue weighted by Crippen LogP contribution is 2.31. The number of nitrogens with two attached hydrogens (primary N) is 1. The van der Waals surface area contributed by atoms with Gasteiger partial charge in [0.25, 0.3) is 0 Å². The Bertz CT molecular complexity index is 461. The summed E-state index contributed by atoms with van der Waals surface area (Å²) in [7, 11) is 0. The number of aliphatic hydroxyl groups is 1. The van der Waals surface area contributed by atoms with Gasteiger partial charge in [-0.1, -0.05) is 44.5 Å². The van der Waals surface area contributed by atoms with Gasteiger partial charge in [0.1, 0.15) is 0 Å². The Hall–Kier alpha value is -1.39. The van der Waals surface area contributed by atoms with E-state index in [1.54, 1.807) is 0 Å². The van der Waals surface area contributed by atoms with Gasteiger partial charge in [-0.3, -0.25) is 4.79 Å². The molecule has 104 valence electrons. The molecule has 1 amide bonds. The number of hydrogen-bond donors (Lipinski definition) is 3. The summed E-state index contributed by atoms with van der Waals surface area (Å²) in [5.74, 6) is -0.0520. The molecular formula is C15H22N2O2. The van der Waals surface area contributed by atoms with Gasteiger partial charge in [0, 0.05) is 6.42 Å². The number of rotatable bonds is 4. The van der Waals surface area contributed by atoms with Gasteiger partial charge in [0.15, 0.2) is 0 Å². The third-order valence-electron chi connectivity index (χ3n) is 4.06. The smallest absolute Gasteiger partial charge is 0.237 e. The van der Waals surface area contributed by atoms with Gasteiger partial charge in [-0.25, -0.2) is 0 Å². The monoisotopic (exact) mass is 262 g/mol. The van der Waals surface area contributed by atoms with Gasteiger partial charge in [0.05, 0.1) is 18.2 Å². The van der Waals surface area contributed by atoms with Crippen molar-refractivity contribution in [3.8, 4) is 0 Å². The van der Waals surface area contributed by atoms with Crippen molar-refractivity contribution in [2.75, 3.05) is 0 Å². The fraction of sp³-hybridized carbons (Fsp3) is 0.533. The van der Waals surface area contributed by atoms with Crippen LogP contribution in [0.4, 0.5) is 0 Å². The maximum atomic E-state index is 12.1. The van der Waals surface area contributed by atoms with Gasteiger partial charge < -0.3 is 16.2 Å². The molecule has 1 aromatic rings. The van der Waals surface area contributed by atoms with Gasteiger partial charge >= 0.3 is 0 Å². The van der Waals surface area contributed by atoms with E-state index < -0.39 is 12.1 Å². The van der Waals surface area contributed by atoms with Crippen LogP contribution in [0.1, 0.15) is 37.4 Å². The molecule has 4 N–H and O–H groups in total. The van der Waals surface area contributed by atoms with Crippen molar-refractivity contribution in [3.63, 3.8) is 0 Å². The summed E-state index contributed by atoms with van der Waals surface area (Å²) < 4.78 is 0. The van der Waals surface area contributed by atoms with Crippen LogP contribution in [0.15, 0.2) is 24.3 Å². The second-order valence-corrected chi connectivity index (χ2v) is 5.37. The third-order valence-corrected chi connectivity index (χ3v) is 4.06. The molecule has 2 rings (SSSR count). The zero-order valence-corrected chi connectivity index (χ0v) is 11.5. The molecule has 0 heterocycles. The number of hydrogen-bond acceptors (Lipinski definition) is 3. The Balaban J connectivity index is 2.09. The first-order valence-electron chi connectivity index (χ1n) is 6.86. The molecule has 0 fully saturated rings. The van der Waals surface area contributed by atoms with Crippen LogP contribution in [-0.2, 0) is 11.2 Å². The predicted molar refractivity (Wildman–Crippen MR) is 74.5 cm³/mol. The molecule has 1 aliphatic carbocycles. The molecule has 0 radical (unpaired) electrons. The molecule has 0 saturated heterocycles. The van der Waals surface area contributed by atoms with Crippen LogP contribution in [0.2, 0.25) is 0 Å². The fourth-order valence-corrected chi connectivity index (χ4v) is 2.51. The van der Waals surface area contributed by atoms with Crippen molar-refractivity contribution < 1.29 is 9.90 Å². The van der Waals surface area contributed by atoms with Crippen LogP contribution in [0, 0.1) is 5.92 Å². The molecule has 4 nitrogen and oxygen atoms in total. The van der Waals surface area contributed by atoms with Crippen LogP contribution in [0.25, 0.3) is 0 Å². The average Bonchev–Trinajstić information content (AvgIpc) is 2.73. The average molecular weight is 262 g/mol. The zero-order chi connectivity index (χ0) is 14.0. The maximum Gasteiger partial charge on any atom is 0.237 e. The molecule has 1 unspecified atom stereocenters. The second-order valence-electron chi connectivity index (χ2n) is 5.37. The fourth-order valence-electron chi connectivity index (χ4n) is 2.51. The number of carbonyl (C=O) groups excluding carboxylic acids is 1. The van der Waals surface area contributed by atoms with Crippen LogP contribution in [0.3, 0.4) is 0 Å². The van der Waals surface area contributed by atoms with Gasteiger partial charge in [-0.2, -0.15) is 0 Å². The van der Waals surface area contributed by atoms with Crippen LogP contribution < -0.4 is 11.1 Å². The van der Waals surface area contributed by atoms with Crippen LogP contribution in [0.5, 0.6) is 0 Å². The second kappa shape index (κ2) is 5.72. The molecule has 4 atom stereocenters. The van der Waals surface area contributed by atoms with Gasteiger partial charge in [-0.15, -0.1) is 0 Å². The minimum atomic E-state index is -0.564. The summed E-state index contributed by atoms with van der Waals surface area (Å²) in [6.07, 6.45) is 0.878. The van der Waals surface area contributed by atoms with E-state index >= 15 is 0 Å². The molecule has 0 aromatic heterocycles. The van der Waals surface area contributed by atoms with E-state index in [0.29, 0.717) is 6.42 Å². The van der Waals surface area contributed by atoms with E-state index in [1.165, 1.54) is 0 Å². The number of benzene rings is 1. The Morgan fingerprint density at radius 3 is 2.89 bits per heavy atom. The van der Waals surface area contributed by atoms with Crippen molar-refractivity contribution in [2.45, 2.75) is 44.9 Å². The Morgan fingerprint density at radius 2 is 2.21 bits per heavy atom. The van der Waals surface area contributed by atoms with E-state index in [1.807, 2.05) is 38.1 Å². The number of aliphatic hydroxyl groups excluding tert-OH is 1. The predicted octanol–water partition coefficient (Wildman–Crippen LogP) is 1.13. The topological polar surface area (TPSA) is 75.4 Å². The summed E-state index contributed by atoms with van der Waals surface area (Å²) in [5.41, 5.74) is 8.02. The first kappa shape index (κ1) is 14.0. The van der Waals surface area contributed by atoms with Crippen molar-refractivity contribution in [3.05, 3.63) is 35.4 Å². The van der Waals surface area contributed by atoms with Crippen LogP contribution >= 0.6 is 0 Å². The quantitative estimate of drug-likeness (QED) is 0.761. The summed E-state index contributed by atoms with van der Waals surface area (Å²) in [6.45, 7) is 3.97. The largest absolute Gasteiger partial charge is 0.390 e. The highest BCUT2D eigenvalue weighted by molar-refractivity contribution is 5.82.